The van der Waals surface area contributed by atoms with Gasteiger partial charge in [-0.3, -0.25) is 0 Å². The smallest absolute Gasteiger partial charge is 0.149 e. The van der Waals surface area contributed by atoms with Crippen LogP contribution in [0.5, 0.6) is 0 Å². The van der Waals surface area contributed by atoms with Crippen molar-refractivity contribution in [3.8, 4) is 0 Å². The summed E-state index contributed by atoms with van der Waals surface area (Å²) in [5.41, 5.74) is 9.02. The molecular weight excluding hydrogens is 737 g/mol. The van der Waals surface area contributed by atoms with Crippen LogP contribution in [0.15, 0.2) is 18.2 Å². The van der Waals surface area contributed by atoms with Crippen LogP contribution < -0.4 is 46.7 Å². The zero-order valence-electron chi connectivity index (χ0n) is 37.1. The van der Waals surface area contributed by atoms with Gasteiger partial charge in [-0.2, -0.15) is 0 Å². The maximum Gasteiger partial charge on any atom is 0.249 e. The van der Waals surface area contributed by atoms with E-state index in [-0.39, 0.29) is 0 Å². The molecule has 0 aliphatic carbocycles. The first-order valence-corrected chi connectivity index (χ1v) is 43.2. The summed E-state index contributed by atoms with van der Waals surface area (Å²) in [5.74, 6) is 0. The standard InChI is InChI=1S/C42H75ClSi7/c1-28-34(44(7,8)9)25-35(45(10,11)12)29(2)40(28)50(43,41-30(3)36(46(13,14)15)26-37(31(41)4)47(16,17)18)42-32(5)38(48(19,20)21)27-39(33(42)6)49(22,23)24/h25-27H,1-24H3. The van der Waals surface area contributed by atoms with E-state index in [1.165, 1.54) is 48.9 Å². The van der Waals surface area contributed by atoms with Gasteiger partial charge in [-0.15, -0.1) is 11.1 Å². The number of hydrogen-bond donors (Lipinski definition) is 0. The molecule has 0 nitrogen and oxygen atoms in total. The first kappa shape index (κ1) is 43.9. The first-order chi connectivity index (χ1) is 22.0. The van der Waals surface area contributed by atoms with Crippen molar-refractivity contribution in [2.45, 2.75) is 159 Å². The highest BCUT2D eigenvalue weighted by Gasteiger charge is 2.49. The number of hydrogen-bond acceptors (Lipinski definition) is 0. The van der Waals surface area contributed by atoms with E-state index in [4.69, 9.17) is 0 Å². The summed E-state index contributed by atoms with van der Waals surface area (Å²) in [4.78, 5) is 0. The third-order valence-electron chi connectivity index (χ3n) is 11.4. The summed E-state index contributed by atoms with van der Waals surface area (Å²) < 4.78 is 0. The van der Waals surface area contributed by atoms with Crippen molar-refractivity contribution in [1.82, 2.24) is 0 Å². The van der Waals surface area contributed by atoms with E-state index in [2.05, 4.69) is 178 Å². The Hall–Kier alpha value is -0.532. The minimum Gasteiger partial charge on any atom is -0.149 e. The summed E-state index contributed by atoms with van der Waals surface area (Å²) in [7, 11) is -13.6. The molecule has 0 unspecified atom stereocenters. The van der Waals surface area contributed by atoms with Crippen LogP contribution in [0.2, 0.25) is 118 Å². The molecule has 0 radical (unpaired) electrons. The molecule has 0 aliphatic heterocycles. The Kier molecular flexibility index (Phi) is 12.0. The summed E-state index contributed by atoms with van der Waals surface area (Å²) in [6.07, 6.45) is 0. The molecule has 278 valence electrons. The molecule has 0 spiro atoms. The molecule has 8 heteroatoms. The van der Waals surface area contributed by atoms with Gasteiger partial charge in [0, 0.05) is 0 Å². The minimum absolute atomic E-state index is 1.50. The van der Waals surface area contributed by atoms with Gasteiger partial charge in [0.15, 0.2) is 0 Å². The summed E-state index contributed by atoms with van der Waals surface area (Å²) in [5, 5.41) is 14.4. The van der Waals surface area contributed by atoms with Gasteiger partial charge in [-0.1, -0.05) is 201 Å². The molecule has 3 rings (SSSR count). The maximum atomic E-state index is 9.31. The Bertz CT molecular complexity index is 1490. The van der Waals surface area contributed by atoms with E-state index in [0.29, 0.717) is 0 Å². The van der Waals surface area contributed by atoms with Crippen molar-refractivity contribution in [1.29, 1.82) is 0 Å². The van der Waals surface area contributed by atoms with Gasteiger partial charge in [0.25, 0.3) is 0 Å². The third kappa shape index (κ3) is 7.96. The summed E-state index contributed by atoms with van der Waals surface area (Å²) in [6, 6.07) is 8.03. The zero-order chi connectivity index (χ0) is 39.3. The Morgan fingerprint density at radius 3 is 0.500 bits per heavy atom. The lowest BCUT2D eigenvalue weighted by Gasteiger charge is -2.42. The van der Waals surface area contributed by atoms with Crippen molar-refractivity contribution in [2.75, 3.05) is 0 Å². The van der Waals surface area contributed by atoms with Crippen LogP contribution in [0.25, 0.3) is 0 Å². The maximum absolute atomic E-state index is 9.31. The van der Waals surface area contributed by atoms with E-state index in [1.54, 1.807) is 31.1 Å². The van der Waals surface area contributed by atoms with Gasteiger partial charge in [-0.25, -0.2) is 0 Å². The average molecular weight is 812 g/mol. The summed E-state index contributed by atoms with van der Waals surface area (Å²) >= 11 is 9.31. The first-order valence-electron chi connectivity index (χ1n) is 19.2. The van der Waals surface area contributed by atoms with Gasteiger partial charge in [0.05, 0.1) is 48.4 Å². The lowest BCUT2D eigenvalue weighted by Crippen LogP contribution is -2.73. The van der Waals surface area contributed by atoms with Gasteiger partial charge in [-0.05, 0) is 57.1 Å². The van der Waals surface area contributed by atoms with E-state index in [9.17, 15) is 11.1 Å². The Balaban J connectivity index is 3.05. The van der Waals surface area contributed by atoms with Crippen LogP contribution in [0.4, 0.5) is 0 Å². The van der Waals surface area contributed by atoms with Crippen LogP contribution in [-0.2, 0) is 0 Å². The molecular formula is C42H75ClSi7. The Morgan fingerprint density at radius 2 is 0.400 bits per heavy atom. The molecule has 3 aromatic rings. The molecule has 0 heterocycles. The van der Waals surface area contributed by atoms with Crippen molar-refractivity contribution in [2.24, 2.45) is 0 Å². The fourth-order valence-electron chi connectivity index (χ4n) is 9.33. The molecule has 0 amide bonds. The zero-order valence-corrected chi connectivity index (χ0v) is 44.9. The fraction of sp³-hybridized carbons (Fsp3) is 0.571. The monoisotopic (exact) mass is 810 g/mol. The van der Waals surface area contributed by atoms with Gasteiger partial charge in [0.2, 0.25) is 7.38 Å². The van der Waals surface area contributed by atoms with Crippen molar-refractivity contribution >= 4 is 114 Å². The Labute approximate surface area is 322 Å². The molecule has 3 aromatic carbocycles. The topological polar surface area (TPSA) is 0 Å². The SMILES string of the molecule is Cc1c([Si](C)(C)C)cc([Si](C)(C)C)c(C)c1[Si](Cl)(c1c(C)c([Si](C)(C)C)cc([Si](C)(C)C)c1C)c1c(C)c([Si](C)(C)C)cc([Si](C)(C)C)c1C. The van der Waals surface area contributed by atoms with E-state index in [1.807, 2.05) is 0 Å². The minimum atomic E-state index is -3.20. The van der Waals surface area contributed by atoms with Gasteiger partial charge in [0.1, 0.15) is 0 Å². The van der Waals surface area contributed by atoms with Crippen LogP contribution in [0.1, 0.15) is 33.4 Å². The highest BCUT2D eigenvalue weighted by atomic mass is 35.6. The molecule has 0 N–H and O–H groups in total. The molecule has 0 aliphatic rings. The second kappa shape index (κ2) is 13.6. The van der Waals surface area contributed by atoms with Gasteiger partial charge >= 0.3 is 0 Å². The number of halogens is 1. The Morgan fingerprint density at radius 1 is 0.280 bits per heavy atom. The highest BCUT2D eigenvalue weighted by molar-refractivity contribution is 7.41. The average Bonchev–Trinajstić information content (AvgIpc) is 2.84. The molecule has 0 fully saturated rings. The predicted octanol–water partition coefficient (Wildman–Crippen LogP) is 8.01. The lowest BCUT2D eigenvalue weighted by atomic mass is 10.1. The second-order valence-corrected chi connectivity index (χ2v) is 56.7. The number of benzene rings is 3. The van der Waals surface area contributed by atoms with Crippen LogP contribution in [0, 0.1) is 41.5 Å². The van der Waals surface area contributed by atoms with E-state index >= 15 is 0 Å². The third-order valence-corrected chi connectivity index (χ3v) is 30.3. The van der Waals surface area contributed by atoms with E-state index in [0.717, 1.165) is 0 Å². The molecule has 0 bridgehead atoms. The van der Waals surface area contributed by atoms with Gasteiger partial charge < -0.3 is 0 Å². The van der Waals surface area contributed by atoms with Crippen LogP contribution in [0.3, 0.4) is 0 Å². The molecule has 0 aromatic heterocycles. The molecule has 0 saturated heterocycles. The quantitative estimate of drug-likeness (QED) is 0.117. The molecule has 0 atom stereocenters. The van der Waals surface area contributed by atoms with E-state index < -0.39 is 55.8 Å². The van der Waals surface area contributed by atoms with Crippen molar-refractivity contribution in [3.05, 3.63) is 51.6 Å². The van der Waals surface area contributed by atoms with Crippen LogP contribution in [-0.4, -0.2) is 55.8 Å². The lowest BCUT2D eigenvalue weighted by molar-refractivity contribution is 1.41. The largest absolute Gasteiger partial charge is 0.249 e. The molecule has 0 saturated carbocycles. The summed E-state index contributed by atoms with van der Waals surface area (Å²) in [6.45, 7) is 60.8. The number of rotatable bonds is 9. The highest BCUT2D eigenvalue weighted by Crippen LogP contribution is 2.26. The van der Waals surface area contributed by atoms with Crippen molar-refractivity contribution in [3.63, 3.8) is 0 Å². The fourth-order valence-corrected chi connectivity index (χ4v) is 28.7. The second-order valence-electron chi connectivity index (χ2n) is 21.9. The molecule has 50 heavy (non-hydrogen) atoms. The normalized spacial score (nSPS) is 14.1. The predicted molar refractivity (Wildman–Crippen MR) is 256 cm³/mol. The van der Waals surface area contributed by atoms with Crippen molar-refractivity contribution < 1.29 is 0 Å². The van der Waals surface area contributed by atoms with Crippen LogP contribution >= 0.6 is 11.1 Å².